The van der Waals surface area contributed by atoms with Crippen molar-refractivity contribution in [2.75, 3.05) is 5.32 Å². The summed E-state index contributed by atoms with van der Waals surface area (Å²) in [6.07, 6.45) is 1.83. The predicted octanol–water partition coefficient (Wildman–Crippen LogP) is 3.06. The first kappa shape index (κ1) is 13.9. The van der Waals surface area contributed by atoms with Gasteiger partial charge >= 0.3 is 0 Å². The number of aromatic amines is 1. The summed E-state index contributed by atoms with van der Waals surface area (Å²) in [6.45, 7) is 6.25. The van der Waals surface area contributed by atoms with E-state index in [0.29, 0.717) is 11.5 Å². The number of nitrogens with one attached hydrogen (secondary N) is 2. The van der Waals surface area contributed by atoms with Gasteiger partial charge in [-0.1, -0.05) is 20.8 Å². The first-order chi connectivity index (χ1) is 8.77. The highest BCUT2D eigenvalue weighted by molar-refractivity contribution is 9.10. The molecular formula is C13H17BrN4O. The maximum absolute atomic E-state index is 12.1. The van der Waals surface area contributed by atoms with Crippen molar-refractivity contribution in [1.82, 2.24) is 14.8 Å². The summed E-state index contributed by atoms with van der Waals surface area (Å²) in [4.78, 5) is 12.1. The second kappa shape index (κ2) is 4.85. The van der Waals surface area contributed by atoms with Gasteiger partial charge in [0.1, 0.15) is 5.69 Å². The van der Waals surface area contributed by atoms with Gasteiger partial charge in [-0.2, -0.15) is 5.10 Å². The lowest BCUT2D eigenvalue weighted by atomic mass is 9.92. The topological polar surface area (TPSA) is 62.7 Å². The van der Waals surface area contributed by atoms with Crippen LogP contribution in [0.5, 0.6) is 0 Å². The highest BCUT2D eigenvalue weighted by Crippen LogP contribution is 2.22. The Morgan fingerprint density at radius 1 is 1.42 bits per heavy atom. The lowest BCUT2D eigenvalue weighted by molar-refractivity contribution is 0.101. The van der Waals surface area contributed by atoms with E-state index in [4.69, 9.17) is 0 Å². The molecule has 102 valence electrons. The Kier molecular flexibility index (Phi) is 3.54. The molecule has 1 amide bonds. The largest absolute Gasteiger partial charge is 0.345 e. The van der Waals surface area contributed by atoms with Crippen LogP contribution in [0.2, 0.25) is 0 Å². The van der Waals surface area contributed by atoms with Gasteiger partial charge in [-0.25, -0.2) is 0 Å². The molecule has 2 aromatic heterocycles. The summed E-state index contributed by atoms with van der Waals surface area (Å²) in [7, 11) is 1.82. The minimum Gasteiger partial charge on any atom is -0.345 e. The first-order valence-corrected chi connectivity index (χ1v) is 6.76. The molecule has 0 aliphatic carbocycles. The number of carbonyl (C=O) groups excluding carboxylic acids is 1. The van der Waals surface area contributed by atoms with E-state index >= 15 is 0 Å². The van der Waals surface area contributed by atoms with E-state index in [9.17, 15) is 4.79 Å². The third kappa shape index (κ3) is 3.07. The number of hydrogen-bond donors (Lipinski definition) is 2. The maximum Gasteiger partial charge on any atom is 0.273 e. The highest BCUT2D eigenvalue weighted by Gasteiger charge is 2.18. The summed E-state index contributed by atoms with van der Waals surface area (Å²) >= 11 is 3.34. The third-order valence-electron chi connectivity index (χ3n) is 2.83. The second-order valence-corrected chi connectivity index (χ2v) is 6.44. The smallest absolute Gasteiger partial charge is 0.273 e. The molecule has 5 nitrogen and oxygen atoms in total. The number of rotatable bonds is 2. The fourth-order valence-electron chi connectivity index (χ4n) is 1.70. The van der Waals surface area contributed by atoms with E-state index in [0.717, 1.165) is 10.2 Å². The molecular weight excluding hydrogens is 308 g/mol. The van der Waals surface area contributed by atoms with E-state index in [-0.39, 0.29) is 11.3 Å². The number of hydrogen-bond acceptors (Lipinski definition) is 2. The second-order valence-electron chi connectivity index (χ2n) is 5.53. The number of nitrogens with zero attached hydrogens (tertiary/aromatic N) is 2. The number of amides is 1. The van der Waals surface area contributed by atoms with Crippen molar-refractivity contribution in [3.63, 3.8) is 0 Å². The lowest BCUT2D eigenvalue weighted by Gasteiger charge is -2.14. The molecule has 0 aromatic carbocycles. The zero-order chi connectivity index (χ0) is 14.2. The molecule has 0 spiro atoms. The van der Waals surface area contributed by atoms with Crippen LogP contribution in [-0.4, -0.2) is 20.7 Å². The number of aromatic nitrogens is 3. The Labute approximate surface area is 120 Å². The van der Waals surface area contributed by atoms with Gasteiger partial charge in [0, 0.05) is 34.9 Å². The van der Waals surface area contributed by atoms with Gasteiger partial charge in [0.25, 0.3) is 5.91 Å². The molecule has 0 aliphatic heterocycles. The van der Waals surface area contributed by atoms with Gasteiger partial charge in [0.05, 0.1) is 0 Å². The molecule has 2 aromatic rings. The monoisotopic (exact) mass is 324 g/mol. The Bertz CT molecular complexity index is 606. The highest BCUT2D eigenvalue weighted by atomic mass is 79.9. The molecule has 6 heteroatoms. The van der Waals surface area contributed by atoms with E-state index in [2.05, 4.69) is 52.2 Å². The maximum atomic E-state index is 12.1. The summed E-state index contributed by atoms with van der Waals surface area (Å²) < 4.78 is 2.63. The fraction of sp³-hybridized carbons (Fsp3) is 0.385. The van der Waals surface area contributed by atoms with E-state index in [1.807, 2.05) is 19.3 Å². The molecule has 0 saturated carbocycles. The summed E-state index contributed by atoms with van der Waals surface area (Å²) in [5.74, 6) is 0.354. The number of anilines is 1. The van der Waals surface area contributed by atoms with Gasteiger partial charge in [0.2, 0.25) is 0 Å². The molecule has 0 atom stereocenters. The minimum atomic E-state index is -0.180. The van der Waals surface area contributed by atoms with Crippen LogP contribution >= 0.6 is 15.9 Å². The van der Waals surface area contributed by atoms with Gasteiger partial charge in [-0.05, 0) is 22.0 Å². The molecule has 0 unspecified atom stereocenters. The minimum absolute atomic E-state index is 0.0238. The Morgan fingerprint density at radius 3 is 2.58 bits per heavy atom. The molecule has 2 N–H and O–H groups in total. The molecule has 0 bridgehead atoms. The van der Waals surface area contributed by atoms with Crippen LogP contribution in [0.3, 0.4) is 0 Å². The molecule has 0 aliphatic rings. The average Bonchev–Trinajstić information content (AvgIpc) is 2.84. The van der Waals surface area contributed by atoms with Crippen molar-refractivity contribution < 1.29 is 4.79 Å². The van der Waals surface area contributed by atoms with Crippen LogP contribution in [0.1, 0.15) is 37.0 Å². The Morgan fingerprint density at radius 2 is 2.11 bits per heavy atom. The molecule has 2 heterocycles. The van der Waals surface area contributed by atoms with Crippen LogP contribution in [0, 0.1) is 0 Å². The Hall–Kier alpha value is -1.56. The predicted molar refractivity (Wildman–Crippen MR) is 78.4 cm³/mol. The van der Waals surface area contributed by atoms with Crippen LogP contribution in [0.4, 0.5) is 5.82 Å². The van der Waals surface area contributed by atoms with Crippen molar-refractivity contribution in [2.45, 2.75) is 26.2 Å². The lowest BCUT2D eigenvalue weighted by Crippen LogP contribution is -2.15. The number of H-pyrrole nitrogens is 1. The number of aryl methyl sites for hydroxylation is 1. The van der Waals surface area contributed by atoms with Crippen molar-refractivity contribution in [3.05, 3.63) is 34.2 Å². The standard InChI is InChI=1S/C13H17BrN4O/c1-13(2,3)10-6-11(17-16-10)15-12(19)9-5-8(14)7-18(9)4/h5-7H,1-4H3,(H2,15,16,17,19). The number of carbonyl (C=O) groups is 1. The van der Waals surface area contributed by atoms with Crippen LogP contribution in [0.15, 0.2) is 22.8 Å². The van der Waals surface area contributed by atoms with Crippen molar-refractivity contribution in [1.29, 1.82) is 0 Å². The zero-order valence-corrected chi connectivity index (χ0v) is 13.0. The molecule has 2 rings (SSSR count). The van der Waals surface area contributed by atoms with Gasteiger partial charge in [0.15, 0.2) is 5.82 Å². The van der Waals surface area contributed by atoms with Crippen molar-refractivity contribution >= 4 is 27.7 Å². The van der Waals surface area contributed by atoms with Crippen LogP contribution < -0.4 is 5.32 Å². The van der Waals surface area contributed by atoms with Crippen molar-refractivity contribution in [3.8, 4) is 0 Å². The molecule has 19 heavy (non-hydrogen) atoms. The molecule has 0 fully saturated rings. The average molecular weight is 325 g/mol. The third-order valence-corrected chi connectivity index (χ3v) is 3.27. The summed E-state index contributed by atoms with van der Waals surface area (Å²) in [6, 6.07) is 3.63. The molecule has 0 saturated heterocycles. The summed E-state index contributed by atoms with van der Waals surface area (Å²) in [5, 5.41) is 9.83. The van der Waals surface area contributed by atoms with Crippen LogP contribution in [-0.2, 0) is 12.5 Å². The zero-order valence-electron chi connectivity index (χ0n) is 11.4. The summed E-state index contributed by atoms with van der Waals surface area (Å²) in [5.41, 5.74) is 1.53. The first-order valence-electron chi connectivity index (χ1n) is 5.96. The quantitative estimate of drug-likeness (QED) is 0.891. The van der Waals surface area contributed by atoms with Gasteiger partial charge in [-0.15, -0.1) is 0 Å². The van der Waals surface area contributed by atoms with Gasteiger partial charge in [-0.3, -0.25) is 9.89 Å². The van der Waals surface area contributed by atoms with E-state index in [1.54, 1.807) is 10.6 Å². The molecule has 0 radical (unpaired) electrons. The number of halogens is 1. The van der Waals surface area contributed by atoms with Crippen LogP contribution in [0.25, 0.3) is 0 Å². The normalized spacial score (nSPS) is 11.6. The van der Waals surface area contributed by atoms with Gasteiger partial charge < -0.3 is 9.88 Å². The SMILES string of the molecule is Cn1cc(Br)cc1C(=O)Nc1cc(C(C)(C)C)[nH]n1. The van der Waals surface area contributed by atoms with E-state index < -0.39 is 0 Å². The Balaban J connectivity index is 2.16. The van der Waals surface area contributed by atoms with E-state index in [1.165, 1.54) is 0 Å². The van der Waals surface area contributed by atoms with Crippen molar-refractivity contribution in [2.24, 2.45) is 7.05 Å². The fourth-order valence-corrected chi connectivity index (χ4v) is 2.22.